The molecule has 0 radical (unpaired) electrons. The van der Waals surface area contributed by atoms with Crippen molar-refractivity contribution in [1.29, 1.82) is 0 Å². The largest absolute Gasteiger partial charge is 0.447 e. The van der Waals surface area contributed by atoms with Crippen molar-refractivity contribution >= 4 is 21.6 Å². The minimum Gasteiger partial charge on any atom is -0.447 e. The first-order chi connectivity index (χ1) is 8.35. The quantitative estimate of drug-likeness (QED) is 0.805. The Morgan fingerprint density at radius 3 is 2.44 bits per heavy atom. The van der Waals surface area contributed by atoms with Crippen molar-refractivity contribution in [1.82, 2.24) is 4.31 Å². The van der Waals surface area contributed by atoms with Crippen LogP contribution in [0, 0.1) is 5.41 Å². The summed E-state index contributed by atoms with van der Waals surface area (Å²) in [5.41, 5.74) is 0.219. The van der Waals surface area contributed by atoms with E-state index in [0.29, 0.717) is 18.8 Å². The molecular weight excluding hydrogens is 274 g/mol. The number of nitrogens with zero attached hydrogens (tertiary/aromatic N) is 1. The molecule has 1 aromatic rings. The Morgan fingerprint density at radius 1 is 1.33 bits per heavy atom. The van der Waals surface area contributed by atoms with E-state index in [1.165, 1.54) is 10.4 Å². The molecule has 1 aliphatic heterocycles. The van der Waals surface area contributed by atoms with Gasteiger partial charge >= 0.3 is 0 Å². The van der Waals surface area contributed by atoms with Gasteiger partial charge in [0.25, 0.3) is 10.0 Å². The second-order valence-electron chi connectivity index (χ2n) is 5.42. The first-order valence-electron chi connectivity index (χ1n) is 6.00. The van der Waals surface area contributed by atoms with Crippen LogP contribution in [-0.2, 0) is 15.9 Å². The number of hydrogen-bond donors (Lipinski definition) is 0. The lowest BCUT2D eigenvalue weighted by molar-refractivity contribution is 0.193. The molecule has 0 bridgehead atoms. The Bertz CT molecular complexity index is 511. The van der Waals surface area contributed by atoms with Gasteiger partial charge in [-0.05, 0) is 30.4 Å². The minimum atomic E-state index is -3.49. The zero-order valence-electron chi connectivity index (χ0n) is 10.6. The Hall–Kier alpha value is -0.520. The molecule has 2 heterocycles. The van der Waals surface area contributed by atoms with E-state index in [-0.39, 0.29) is 16.4 Å². The summed E-state index contributed by atoms with van der Waals surface area (Å²) in [6.07, 6.45) is 1.74. The molecule has 6 heteroatoms. The predicted octanol–water partition coefficient (Wildman–Crippen LogP) is 2.83. The molecule has 0 aromatic carbocycles. The van der Waals surface area contributed by atoms with Gasteiger partial charge < -0.3 is 4.42 Å². The molecule has 0 atom stereocenters. The average Bonchev–Trinajstić information content (AvgIpc) is 2.77. The van der Waals surface area contributed by atoms with Crippen LogP contribution in [0.15, 0.2) is 21.6 Å². The molecule has 0 unspecified atom stereocenters. The van der Waals surface area contributed by atoms with Crippen molar-refractivity contribution in [2.45, 2.75) is 37.7 Å². The van der Waals surface area contributed by atoms with Gasteiger partial charge in [-0.3, -0.25) is 0 Å². The van der Waals surface area contributed by atoms with Gasteiger partial charge in [0.2, 0.25) is 5.09 Å². The Kier molecular flexibility index (Phi) is 3.76. The van der Waals surface area contributed by atoms with Gasteiger partial charge in [-0.25, -0.2) is 8.42 Å². The van der Waals surface area contributed by atoms with E-state index < -0.39 is 10.0 Å². The van der Waals surface area contributed by atoms with Crippen LogP contribution in [0.3, 0.4) is 0 Å². The zero-order valence-corrected chi connectivity index (χ0v) is 12.2. The summed E-state index contributed by atoms with van der Waals surface area (Å²) in [5, 5.41) is -0.00199. The van der Waals surface area contributed by atoms with Crippen LogP contribution in [0.25, 0.3) is 0 Å². The molecule has 4 nitrogen and oxygen atoms in total. The van der Waals surface area contributed by atoms with Crippen molar-refractivity contribution in [2.75, 3.05) is 13.1 Å². The maximum Gasteiger partial charge on any atom is 0.276 e. The van der Waals surface area contributed by atoms with E-state index in [1.807, 2.05) is 0 Å². The third-order valence-corrected chi connectivity index (χ3v) is 5.48. The summed E-state index contributed by atoms with van der Waals surface area (Å²) in [5.74, 6) is 0.662. The Balaban J connectivity index is 2.17. The molecule has 102 valence electrons. The number of halogens is 1. The van der Waals surface area contributed by atoms with Crippen molar-refractivity contribution in [2.24, 2.45) is 5.41 Å². The van der Waals surface area contributed by atoms with Crippen LogP contribution in [0.5, 0.6) is 0 Å². The summed E-state index contributed by atoms with van der Waals surface area (Å²) < 4.78 is 31.4. The lowest BCUT2D eigenvalue weighted by Gasteiger charge is -2.35. The first-order valence-corrected chi connectivity index (χ1v) is 7.97. The fourth-order valence-electron chi connectivity index (χ4n) is 2.03. The molecular formula is C12H18ClNO3S. The number of sulfonamides is 1. The summed E-state index contributed by atoms with van der Waals surface area (Å²) in [4.78, 5) is 0. The molecule has 0 saturated carbocycles. The smallest absolute Gasteiger partial charge is 0.276 e. The van der Waals surface area contributed by atoms with Gasteiger partial charge in [0, 0.05) is 13.1 Å². The second kappa shape index (κ2) is 4.87. The van der Waals surface area contributed by atoms with Gasteiger partial charge in [0.15, 0.2) is 0 Å². The monoisotopic (exact) mass is 291 g/mol. The number of rotatable bonds is 3. The van der Waals surface area contributed by atoms with Crippen LogP contribution < -0.4 is 0 Å². The molecule has 0 spiro atoms. The SMILES string of the molecule is CC1(C)CCN(S(=O)(=O)c2ccc(CCl)o2)CC1. The normalized spacial score (nSPS) is 21.1. The average molecular weight is 292 g/mol. The standard InChI is InChI=1S/C12H18ClNO3S/c1-12(2)5-7-14(8-6-12)18(15,16)11-4-3-10(9-13)17-11/h3-4H,5-9H2,1-2H3. The van der Waals surface area contributed by atoms with Crippen LogP contribution in [0.1, 0.15) is 32.4 Å². The highest BCUT2D eigenvalue weighted by molar-refractivity contribution is 7.89. The lowest BCUT2D eigenvalue weighted by atomic mass is 9.83. The Labute approximate surface area is 113 Å². The van der Waals surface area contributed by atoms with Gasteiger partial charge in [-0.1, -0.05) is 13.8 Å². The molecule has 18 heavy (non-hydrogen) atoms. The third-order valence-electron chi connectivity index (χ3n) is 3.44. The molecule has 0 amide bonds. The van der Waals surface area contributed by atoms with Crippen LogP contribution in [0.2, 0.25) is 0 Å². The highest BCUT2D eigenvalue weighted by atomic mass is 35.5. The number of furan rings is 1. The van der Waals surface area contributed by atoms with Crippen LogP contribution in [-0.4, -0.2) is 25.8 Å². The van der Waals surface area contributed by atoms with Crippen molar-refractivity contribution in [3.05, 3.63) is 17.9 Å². The lowest BCUT2D eigenvalue weighted by Crippen LogP contribution is -2.40. The second-order valence-corrected chi connectivity index (χ2v) is 7.56. The molecule has 1 aliphatic rings. The summed E-state index contributed by atoms with van der Waals surface area (Å²) in [6, 6.07) is 3.08. The topological polar surface area (TPSA) is 50.5 Å². The van der Waals surface area contributed by atoms with Crippen LogP contribution >= 0.6 is 11.6 Å². The summed E-state index contributed by atoms with van der Waals surface area (Å²) in [6.45, 7) is 5.42. The Morgan fingerprint density at radius 2 is 1.94 bits per heavy atom. The van der Waals surface area contributed by atoms with E-state index in [2.05, 4.69) is 13.8 Å². The van der Waals surface area contributed by atoms with Gasteiger partial charge in [-0.15, -0.1) is 11.6 Å². The number of hydrogen-bond acceptors (Lipinski definition) is 3. The van der Waals surface area contributed by atoms with E-state index in [4.69, 9.17) is 16.0 Å². The van der Waals surface area contributed by atoms with E-state index in [1.54, 1.807) is 6.07 Å². The van der Waals surface area contributed by atoms with Crippen molar-refractivity contribution in [3.8, 4) is 0 Å². The highest BCUT2D eigenvalue weighted by Crippen LogP contribution is 2.32. The molecule has 1 fully saturated rings. The van der Waals surface area contributed by atoms with E-state index in [0.717, 1.165) is 12.8 Å². The fraction of sp³-hybridized carbons (Fsp3) is 0.667. The van der Waals surface area contributed by atoms with E-state index >= 15 is 0 Å². The number of piperidine rings is 1. The fourth-order valence-corrected chi connectivity index (χ4v) is 3.54. The van der Waals surface area contributed by atoms with E-state index in [9.17, 15) is 8.42 Å². The van der Waals surface area contributed by atoms with Crippen molar-refractivity contribution < 1.29 is 12.8 Å². The highest BCUT2D eigenvalue weighted by Gasteiger charge is 2.34. The third kappa shape index (κ3) is 2.73. The molecule has 1 saturated heterocycles. The maximum atomic E-state index is 12.3. The molecule has 0 aliphatic carbocycles. The maximum absolute atomic E-state index is 12.3. The predicted molar refractivity (Wildman–Crippen MR) is 70.0 cm³/mol. The molecule has 2 rings (SSSR count). The van der Waals surface area contributed by atoms with Gasteiger partial charge in [0.05, 0.1) is 5.88 Å². The van der Waals surface area contributed by atoms with Gasteiger partial charge in [0.1, 0.15) is 5.76 Å². The first kappa shape index (κ1) is 13.9. The summed E-state index contributed by atoms with van der Waals surface area (Å²) >= 11 is 5.61. The molecule has 0 N–H and O–H groups in total. The van der Waals surface area contributed by atoms with Crippen LogP contribution in [0.4, 0.5) is 0 Å². The van der Waals surface area contributed by atoms with Crippen molar-refractivity contribution in [3.63, 3.8) is 0 Å². The number of alkyl halides is 1. The minimum absolute atomic E-state index is 0.00199. The van der Waals surface area contributed by atoms with Gasteiger partial charge in [-0.2, -0.15) is 4.31 Å². The summed E-state index contributed by atoms with van der Waals surface area (Å²) in [7, 11) is -3.49. The molecule has 1 aromatic heterocycles. The zero-order chi connectivity index (χ0) is 13.4.